The lowest BCUT2D eigenvalue weighted by Gasteiger charge is -2.37. The van der Waals surface area contributed by atoms with E-state index in [0.29, 0.717) is 12.5 Å². The van der Waals surface area contributed by atoms with Crippen LogP contribution in [0.15, 0.2) is 65.8 Å². The molecule has 2 aromatic carbocycles. The number of allylic oxidation sites excluding steroid dienone is 1. The number of nitrogens with zero attached hydrogens (tertiary/aromatic N) is 3. The number of halogens is 2. The summed E-state index contributed by atoms with van der Waals surface area (Å²) in [6.45, 7) is 0.763. The van der Waals surface area contributed by atoms with Crippen molar-refractivity contribution in [3.05, 3.63) is 83.4 Å². The highest BCUT2D eigenvalue weighted by Gasteiger charge is 2.49. The molecule has 1 N–H and O–H groups in total. The summed E-state index contributed by atoms with van der Waals surface area (Å²) in [7, 11) is 2.89. The first-order chi connectivity index (χ1) is 16.9. The molecule has 1 heterocycles. The highest BCUT2D eigenvalue weighted by Crippen LogP contribution is 2.51. The van der Waals surface area contributed by atoms with E-state index < -0.39 is 22.5 Å². The van der Waals surface area contributed by atoms with Crippen molar-refractivity contribution in [2.75, 3.05) is 20.7 Å². The van der Waals surface area contributed by atoms with Crippen molar-refractivity contribution >= 4 is 22.8 Å². The number of carbonyl (C=O) groups excluding carboxylic acids is 1. The number of hydrogen-bond acceptors (Lipinski definition) is 5. The van der Waals surface area contributed by atoms with Crippen LogP contribution in [0.1, 0.15) is 43.2 Å². The van der Waals surface area contributed by atoms with E-state index in [2.05, 4.69) is 22.6 Å². The van der Waals surface area contributed by atoms with Crippen LogP contribution >= 0.6 is 11.8 Å². The van der Waals surface area contributed by atoms with Gasteiger partial charge in [-0.25, -0.2) is 18.6 Å². The summed E-state index contributed by atoms with van der Waals surface area (Å²) in [4.78, 5) is 17.6. The summed E-state index contributed by atoms with van der Waals surface area (Å²) in [5.74, 6) is -1.17. The standard InChI is InChI=1S/C26H30F2N4O2S/c1-31(34-2)25(33)32-26(19-10-5-3-6-11-19,16-9-17-29-21-12-7-4-8-13-21)35-24(30-32)22-18-20(27)14-15-23(22)28/h3-7,10-11,14-15,18,21,29H,8-9,12-13,16-17H2,1-2H3. The number of urea groups is 1. The Bertz CT molecular complexity index is 1100. The maximum Gasteiger partial charge on any atom is 0.365 e. The van der Waals surface area contributed by atoms with Gasteiger partial charge in [0.05, 0.1) is 7.11 Å². The highest BCUT2D eigenvalue weighted by atomic mass is 32.2. The molecule has 2 aliphatic rings. The summed E-state index contributed by atoms with van der Waals surface area (Å²) in [6, 6.07) is 12.7. The summed E-state index contributed by atoms with van der Waals surface area (Å²) >= 11 is 1.26. The maximum atomic E-state index is 14.7. The van der Waals surface area contributed by atoms with Gasteiger partial charge in [-0.3, -0.25) is 4.84 Å². The van der Waals surface area contributed by atoms with E-state index in [1.807, 2.05) is 30.3 Å². The van der Waals surface area contributed by atoms with E-state index in [1.165, 1.54) is 30.9 Å². The zero-order valence-electron chi connectivity index (χ0n) is 19.9. The normalized spacial score (nSPS) is 21.8. The predicted octanol–water partition coefficient (Wildman–Crippen LogP) is 5.62. The summed E-state index contributed by atoms with van der Waals surface area (Å²) < 4.78 is 28.8. The van der Waals surface area contributed by atoms with Crippen molar-refractivity contribution in [1.29, 1.82) is 0 Å². The third kappa shape index (κ3) is 5.58. The molecule has 2 unspecified atom stereocenters. The van der Waals surface area contributed by atoms with Gasteiger partial charge in [0.2, 0.25) is 0 Å². The van der Waals surface area contributed by atoms with Crippen LogP contribution in [0.3, 0.4) is 0 Å². The van der Waals surface area contributed by atoms with E-state index in [1.54, 1.807) is 0 Å². The number of carbonyl (C=O) groups is 1. The summed E-state index contributed by atoms with van der Waals surface area (Å²) in [5, 5.41) is 10.8. The number of benzene rings is 2. The van der Waals surface area contributed by atoms with Gasteiger partial charge in [-0.2, -0.15) is 10.1 Å². The average Bonchev–Trinajstić information content (AvgIpc) is 3.28. The molecule has 2 atom stereocenters. The van der Waals surface area contributed by atoms with Crippen molar-refractivity contribution in [2.24, 2.45) is 5.10 Å². The quantitative estimate of drug-likeness (QED) is 0.290. The third-order valence-electron chi connectivity index (χ3n) is 6.30. The fourth-order valence-electron chi connectivity index (χ4n) is 4.37. The van der Waals surface area contributed by atoms with Crippen molar-refractivity contribution in [1.82, 2.24) is 15.4 Å². The van der Waals surface area contributed by atoms with E-state index in [0.717, 1.165) is 61.1 Å². The number of amides is 2. The van der Waals surface area contributed by atoms with Crippen molar-refractivity contribution in [2.45, 2.75) is 43.0 Å². The van der Waals surface area contributed by atoms with Gasteiger partial charge in [0.25, 0.3) is 0 Å². The van der Waals surface area contributed by atoms with Crippen LogP contribution in [0.4, 0.5) is 13.6 Å². The molecule has 2 aromatic rings. The van der Waals surface area contributed by atoms with Gasteiger partial charge >= 0.3 is 6.03 Å². The number of rotatable bonds is 8. The smallest absolute Gasteiger partial charge is 0.314 e. The Morgan fingerprint density at radius 1 is 1.26 bits per heavy atom. The van der Waals surface area contributed by atoms with E-state index in [-0.39, 0.29) is 10.6 Å². The Morgan fingerprint density at radius 3 is 2.77 bits per heavy atom. The Balaban J connectivity index is 1.67. The lowest BCUT2D eigenvalue weighted by atomic mass is 9.99. The number of hydrazone groups is 1. The Hall–Kier alpha value is -2.75. The molecule has 2 amide bonds. The largest absolute Gasteiger partial charge is 0.365 e. The first kappa shape index (κ1) is 25.3. The van der Waals surface area contributed by atoms with E-state index in [4.69, 9.17) is 4.84 Å². The molecule has 1 aliphatic carbocycles. The molecular formula is C26H30F2N4O2S. The minimum Gasteiger partial charge on any atom is -0.314 e. The van der Waals surface area contributed by atoms with Crippen LogP contribution in [-0.4, -0.2) is 47.9 Å². The molecule has 0 aromatic heterocycles. The van der Waals surface area contributed by atoms with Gasteiger partial charge in [0.1, 0.15) is 21.5 Å². The van der Waals surface area contributed by atoms with Gasteiger partial charge in [0, 0.05) is 18.7 Å². The van der Waals surface area contributed by atoms with Crippen molar-refractivity contribution in [3.63, 3.8) is 0 Å². The van der Waals surface area contributed by atoms with E-state index in [9.17, 15) is 13.6 Å². The molecular weight excluding hydrogens is 470 g/mol. The highest BCUT2D eigenvalue weighted by molar-refractivity contribution is 8.15. The minimum absolute atomic E-state index is 0.0257. The van der Waals surface area contributed by atoms with Crippen LogP contribution in [0.25, 0.3) is 0 Å². The molecule has 6 nitrogen and oxygen atoms in total. The molecule has 35 heavy (non-hydrogen) atoms. The van der Waals surface area contributed by atoms with Gasteiger partial charge in [0.15, 0.2) is 0 Å². The second-order valence-electron chi connectivity index (χ2n) is 8.60. The van der Waals surface area contributed by atoms with Gasteiger partial charge in [-0.15, -0.1) is 0 Å². The summed E-state index contributed by atoms with van der Waals surface area (Å²) in [5.41, 5.74) is 0.872. The fourth-order valence-corrected chi connectivity index (χ4v) is 5.78. The maximum absolute atomic E-state index is 14.7. The van der Waals surface area contributed by atoms with Crippen LogP contribution < -0.4 is 5.32 Å². The van der Waals surface area contributed by atoms with Crippen molar-refractivity contribution < 1.29 is 18.4 Å². The minimum atomic E-state index is -0.951. The predicted molar refractivity (Wildman–Crippen MR) is 135 cm³/mol. The van der Waals surface area contributed by atoms with Crippen LogP contribution in [0.2, 0.25) is 0 Å². The molecule has 0 fully saturated rings. The van der Waals surface area contributed by atoms with Crippen molar-refractivity contribution in [3.8, 4) is 0 Å². The van der Waals surface area contributed by atoms with Crippen LogP contribution in [-0.2, 0) is 9.71 Å². The Morgan fingerprint density at radius 2 is 2.06 bits per heavy atom. The van der Waals surface area contributed by atoms with Gasteiger partial charge < -0.3 is 5.32 Å². The van der Waals surface area contributed by atoms with Crippen LogP contribution in [0.5, 0.6) is 0 Å². The number of nitrogens with one attached hydrogen (secondary N) is 1. The molecule has 9 heteroatoms. The summed E-state index contributed by atoms with van der Waals surface area (Å²) in [6.07, 6.45) is 8.88. The van der Waals surface area contributed by atoms with Gasteiger partial charge in [-0.05, 0) is 62.4 Å². The number of hydroxylamine groups is 2. The number of hydrogen-bond donors (Lipinski definition) is 1. The zero-order valence-corrected chi connectivity index (χ0v) is 20.7. The first-order valence-corrected chi connectivity index (χ1v) is 12.6. The lowest BCUT2D eigenvalue weighted by molar-refractivity contribution is -0.0805. The van der Waals surface area contributed by atoms with E-state index >= 15 is 0 Å². The first-order valence-electron chi connectivity index (χ1n) is 11.7. The molecule has 0 saturated heterocycles. The van der Waals surface area contributed by atoms with Crippen LogP contribution in [0, 0.1) is 11.6 Å². The second-order valence-corrected chi connectivity index (χ2v) is 9.86. The SMILES string of the molecule is CON(C)C(=O)N1N=C(c2cc(F)ccc2F)SC1(CCCNC1CC=CCC1)c1ccccc1. The molecule has 0 spiro atoms. The third-order valence-corrected chi connectivity index (χ3v) is 7.75. The average molecular weight is 501 g/mol. The second kappa shape index (κ2) is 11.3. The molecule has 0 radical (unpaired) electrons. The molecule has 1 aliphatic heterocycles. The Labute approximate surface area is 209 Å². The van der Waals surface area contributed by atoms with Gasteiger partial charge in [-0.1, -0.05) is 54.2 Å². The zero-order chi connectivity index (χ0) is 24.8. The lowest BCUT2D eigenvalue weighted by Crippen LogP contribution is -2.47. The Kier molecular flexibility index (Phi) is 8.20. The monoisotopic (exact) mass is 500 g/mol. The molecule has 4 rings (SSSR count). The topological polar surface area (TPSA) is 57.2 Å². The fraction of sp³-hybridized carbons (Fsp3) is 0.385. The molecule has 0 bridgehead atoms. The molecule has 0 saturated carbocycles. The number of thioether (sulfide) groups is 1. The molecule has 186 valence electrons.